The summed E-state index contributed by atoms with van der Waals surface area (Å²) >= 11 is 0. The first-order valence-corrected chi connectivity index (χ1v) is 14.4. The molecule has 0 bridgehead atoms. The van der Waals surface area contributed by atoms with Gasteiger partial charge in [-0.2, -0.15) is 0 Å². The third-order valence-corrected chi connectivity index (χ3v) is 8.64. The number of carboxylic acids is 1. The Balaban J connectivity index is 1.14. The Labute approximate surface area is 244 Å². The standard InChI is InChI=1S/C33H35N3O6/c37-30(38)23-16-24(41-19-23)17-34-31(39)33(14-15-36(21-33)18-22-8-2-1-3-9-22)35-32(40)42-20-29-27-12-6-4-10-25(27)26-11-5-7-13-28(26)29/h1-13,23-24,29H,14-21H2,(H,34,39)(H,35,40)(H,37,38)/t23-,24-,33?/m0/s1. The summed E-state index contributed by atoms with van der Waals surface area (Å²) in [7, 11) is 0. The second-order valence-corrected chi connectivity index (χ2v) is 11.4. The first-order valence-electron chi connectivity index (χ1n) is 14.4. The number of hydrogen-bond donors (Lipinski definition) is 3. The lowest BCUT2D eigenvalue weighted by atomic mass is 9.97. The fourth-order valence-corrected chi connectivity index (χ4v) is 6.44. The molecule has 0 spiro atoms. The molecule has 3 atom stereocenters. The van der Waals surface area contributed by atoms with Crippen molar-refractivity contribution in [2.45, 2.75) is 36.9 Å². The molecule has 0 aromatic heterocycles. The van der Waals surface area contributed by atoms with E-state index in [1.165, 1.54) is 0 Å². The van der Waals surface area contributed by atoms with Crippen LogP contribution >= 0.6 is 0 Å². The van der Waals surface area contributed by atoms with Crippen molar-refractivity contribution in [2.24, 2.45) is 5.92 Å². The van der Waals surface area contributed by atoms with Gasteiger partial charge in [-0.25, -0.2) is 4.79 Å². The van der Waals surface area contributed by atoms with Gasteiger partial charge in [-0.1, -0.05) is 78.9 Å². The van der Waals surface area contributed by atoms with Crippen LogP contribution in [-0.2, 0) is 25.6 Å². The number of nitrogens with zero attached hydrogens (tertiary/aromatic N) is 1. The molecule has 2 heterocycles. The summed E-state index contributed by atoms with van der Waals surface area (Å²) in [5.74, 6) is -1.89. The van der Waals surface area contributed by atoms with E-state index in [4.69, 9.17) is 9.47 Å². The second kappa shape index (κ2) is 12.0. The molecule has 3 aliphatic rings. The van der Waals surface area contributed by atoms with Crippen molar-refractivity contribution in [2.75, 3.05) is 32.8 Å². The van der Waals surface area contributed by atoms with Crippen molar-refractivity contribution in [3.05, 3.63) is 95.6 Å². The van der Waals surface area contributed by atoms with Crippen LogP contribution in [0.2, 0.25) is 0 Å². The van der Waals surface area contributed by atoms with Crippen LogP contribution in [-0.4, -0.2) is 72.5 Å². The Morgan fingerprint density at radius 3 is 2.29 bits per heavy atom. The number of carbonyl (C=O) groups excluding carboxylic acids is 2. The number of fused-ring (bicyclic) bond motifs is 3. The van der Waals surface area contributed by atoms with Gasteiger partial charge in [0.1, 0.15) is 12.1 Å². The van der Waals surface area contributed by atoms with E-state index >= 15 is 0 Å². The summed E-state index contributed by atoms with van der Waals surface area (Å²) in [6.07, 6.45) is -0.276. The van der Waals surface area contributed by atoms with Crippen LogP contribution in [0.5, 0.6) is 0 Å². The van der Waals surface area contributed by atoms with E-state index in [0.29, 0.717) is 32.5 Å². The van der Waals surface area contributed by atoms with Gasteiger partial charge in [-0.05, 0) is 40.7 Å². The average molecular weight is 570 g/mol. The van der Waals surface area contributed by atoms with Crippen LogP contribution in [0.1, 0.15) is 35.4 Å². The number of likely N-dealkylation sites (tertiary alicyclic amines) is 1. The molecule has 3 aromatic carbocycles. The topological polar surface area (TPSA) is 117 Å². The molecular formula is C33H35N3O6. The Morgan fingerprint density at radius 1 is 0.952 bits per heavy atom. The van der Waals surface area contributed by atoms with Crippen LogP contribution in [0.3, 0.4) is 0 Å². The Morgan fingerprint density at radius 2 is 1.62 bits per heavy atom. The maximum Gasteiger partial charge on any atom is 0.408 e. The quantitative estimate of drug-likeness (QED) is 0.359. The molecule has 9 heteroatoms. The molecule has 9 nitrogen and oxygen atoms in total. The van der Waals surface area contributed by atoms with Crippen molar-refractivity contribution >= 4 is 18.0 Å². The molecule has 2 aliphatic heterocycles. The zero-order chi connectivity index (χ0) is 29.1. The summed E-state index contributed by atoms with van der Waals surface area (Å²) in [5, 5.41) is 15.1. The summed E-state index contributed by atoms with van der Waals surface area (Å²) in [6.45, 7) is 2.04. The molecular weight excluding hydrogens is 534 g/mol. The molecule has 0 saturated carbocycles. The fourth-order valence-electron chi connectivity index (χ4n) is 6.44. The Hall–Kier alpha value is -4.21. The van der Waals surface area contributed by atoms with Gasteiger partial charge in [-0.3, -0.25) is 14.5 Å². The molecule has 1 aliphatic carbocycles. The van der Waals surface area contributed by atoms with Crippen LogP contribution in [0.15, 0.2) is 78.9 Å². The number of nitrogens with one attached hydrogen (secondary N) is 2. The molecule has 2 saturated heterocycles. The highest BCUT2D eigenvalue weighted by atomic mass is 16.5. The molecule has 218 valence electrons. The summed E-state index contributed by atoms with van der Waals surface area (Å²) in [6, 6.07) is 26.3. The largest absolute Gasteiger partial charge is 0.481 e. The van der Waals surface area contributed by atoms with E-state index in [0.717, 1.165) is 27.8 Å². The molecule has 3 aromatic rings. The van der Waals surface area contributed by atoms with E-state index in [-0.39, 0.29) is 37.7 Å². The van der Waals surface area contributed by atoms with Crippen molar-refractivity contribution in [1.82, 2.24) is 15.5 Å². The van der Waals surface area contributed by atoms with E-state index in [2.05, 4.69) is 39.8 Å². The fraction of sp³-hybridized carbons (Fsp3) is 0.364. The summed E-state index contributed by atoms with van der Waals surface area (Å²) < 4.78 is 11.4. The molecule has 3 N–H and O–H groups in total. The van der Waals surface area contributed by atoms with Gasteiger partial charge in [-0.15, -0.1) is 0 Å². The Bertz CT molecular complexity index is 1420. The molecule has 6 rings (SSSR count). The van der Waals surface area contributed by atoms with Gasteiger partial charge >= 0.3 is 12.1 Å². The van der Waals surface area contributed by atoms with Crippen molar-refractivity contribution < 1.29 is 29.0 Å². The zero-order valence-electron chi connectivity index (χ0n) is 23.3. The normalized spacial score (nSPS) is 23.2. The lowest BCUT2D eigenvalue weighted by molar-refractivity contribution is -0.141. The van der Waals surface area contributed by atoms with E-state index < -0.39 is 23.5 Å². The van der Waals surface area contributed by atoms with E-state index in [9.17, 15) is 19.5 Å². The molecule has 2 amide bonds. The number of carboxylic acid groups (broad SMARTS) is 1. The lowest BCUT2D eigenvalue weighted by Crippen LogP contribution is -2.61. The van der Waals surface area contributed by atoms with Gasteiger partial charge in [0.2, 0.25) is 5.91 Å². The highest BCUT2D eigenvalue weighted by Gasteiger charge is 2.47. The third-order valence-electron chi connectivity index (χ3n) is 8.64. The zero-order valence-corrected chi connectivity index (χ0v) is 23.3. The van der Waals surface area contributed by atoms with Crippen molar-refractivity contribution in [3.63, 3.8) is 0 Å². The van der Waals surface area contributed by atoms with Gasteiger partial charge in [0.25, 0.3) is 0 Å². The number of carbonyl (C=O) groups is 3. The maximum absolute atomic E-state index is 13.7. The molecule has 0 radical (unpaired) electrons. The number of amides is 2. The van der Waals surface area contributed by atoms with Gasteiger partial charge in [0.15, 0.2) is 0 Å². The highest BCUT2D eigenvalue weighted by molar-refractivity contribution is 5.91. The van der Waals surface area contributed by atoms with Crippen LogP contribution in [0, 0.1) is 5.92 Å². The first-order chi connectivity index (χ1) is 20.4. The SMILES string of the molecule is O=C(NC1(C(=O)NC[C@@H]2C[C@H](C(=O)O)CO2)CCN(Cc2ccccc2)C1)OCC1c2ccccc2-c2ccccc21. The van der Waals surface area contributed by atoms with Gasteiger partial charge < -0.3 is 25.2 Å². The van der Waals surface area contributed by atoms with Gasteiger partial charge in [0, 0.05) is 32.1 Å². The molecule has 2 fully saturated rings. The smallest absolute Gasteiger partial charge is 0.408 e. The number of alkyl carbamates (subject to hydrolysis) is 1. The van der Waals surface area contributed by atoms with Crippen LogP contribution < -0.4 is 10.6 Å². The van der Waals surface area contributed by atoms with Crippen LogP contribution in [0.25, 0.3) is 11.1 Å². The van der Waals surface area contributed by atoms with Crippen molar-refractivity contribution in [1.29, 1.82) is 0 Å². The maximum atomic E-state index is 13.7. The third kappa shape index (κ3) is 5.75. The number of hydrogen-bond acceptors (Lipinski definition) is 6. The molecule has 42 heavy (non-hydrogen) atoms. The highest BCUT2D eigenvalue weighted by Crippen LogP contribution is 2.44. The predicted molar refractivity (Wildman–Crippen MR) is 156 cm³/mol. The lowest BCUT2D eigenvalue weighted by Gasteiger charge is -2.30. The Kier molecular flexibility index (Phi) is 7.95. The number of rotatable bonds is 9. The summed E-state index contributed by atoms with van der Waals surface area (Å²) in [4.78, 5) is 40.4. The average Bonchev–Trinajstić information content (AvgIpc) is 3.72. The predicted octanol–water partition coefficient (Wildman–Crippen LogP) is 3.78. The number of benzene rings is 3. The number of ether oxygens (including phenoxy) is 2. The minimum Gasteiger partial charge on any atom is -0.481 e. The minimum atomic E-state index is -1.19. The summed E-state index contributed by atoms with van der Waals surface area (Å²) in [5.41, 5.74) is 4.44. The van der Waals surface area contributed by atoms with E-state index in [1.807, 2.05) is 54.6 Å². The first kappa shape index (κ1) is 27.9. The van der Waals surface area contributed by atoms with E-state index in [1.54, 1.807) is 0 Å². The number of aliphatic carboxylic acids is 1. The minimum absolute atomic E-state index is 0.0900. The monoisotopic (exact) mass is 569 g/mol. The van der Waals surface area contributed by atoms with Gasteiger partial charge in [0.05, 0.1) is 18.6 Å². The van der Waals surface area contributed by atoms with Crippen LogP contribution in [0.4, 0.5) is 4.79 Å². The molecule has 1 unspecified atom stereocenters. The second-order valence-electron chi connectivity index (χ2n) is 11.4. The van der Waals surface area contributed by atoms with Crippen molar-refractivity contribution in [3.8, 4) is 11.1 Å².